The van der Waals surface area contributed by atoms with Gasteiger partial charge < -0.3 is 4.74 Å². The van der Waals surface area contributed by atoms with Gasteiger partial charge in [0.05, 0.1) is 23.3 Å². The third-order valence-corrected chi connectivity index (χ3v) is 3.87. The molecule has 0 aliphatic carbocycles. The number of allylic oxidation sites excluding steroid dienone is 1. The van der Waals surface area contributed by atoms with E-state index in [9.17, 15) is 13.2 Å². The molecule has 0 spiro atoms. The van der Waals surface area contributed by atoms with Crippen LogP contribution >= 0.6 is 0 Å². The van der Waals surface area contributed by atoms with Gasteiger partial charge in [-0.1, -0.05) is 0 Å². The highest BCUT2D eigenvalue weighted by atomic mass is 32.2. The number of carbonyl (C=O) groups excluding carboxylic acids is 1. The van der Waals surface area contributed by atoms with Crippen LogP contribution in [0.3, 0.4) is 0 Å². The van der Waals surface area contributed by atoms with Crippen molar-refractivity contribution in [1.29, 1.82) is 0 Å². The van der Waals surface area contributed by atoms with Crippen LogP contribution in [0.1, 0.15) is 13.3 Å². The van der Waals surface area contributed by atoms with Gasteiger partial charge >= 0.3 is 5.97 Å². The maximum Gasteiger partial charge on any atom is 0.334 e. The van der Waals surface area contributed by atoms with E-state index in [-0.39, 0.29) is 22.7 Å². The van der Waals surface area contributed by atoms with Crippen molar-refractivity contribution in [3.8, 4) is 0 Å². The molecule has 0 radical (unpaired) electrons. The van der Waals surface area contributed by atoms with E-state index in [1.165, 1.54) is 14.0 Å². The fourth-order valence-electron chi connectivity index (χ4n) is 1.12. The van der Waals surface area contributed by atoms with Crippen molar-refractivity contribution >= 4 is 15.8 Å². The maximum absolute atomic E-state index is 11.1. The second kappa shape index (κ2) is 2.90. The Kier molecular flexibility index (Phi) is 2.23. The van der Waals surface area contributed by atoms with Crippen molar-refractivity contribution in [3.05, 3.63) is 10.5 Å². The van der Waals surface area contributed by atoms with E-state index in [0.717, 1.165) is 0 Å². The predicted molar refractivity (Wildman–Crippen MR) is 43.1 cm³/mol. The van der Waals surface area contributed by atoms with Gasteiger partial charge in [-0.15, -0.1) is 0 Å². The highest BCUT2D eigenvalue weighted by molar-refractivity contribution is 7.95. The topological polar surface area (TPSA) is 60.4 Å². The largest absolute Gasteiger partial charge is 0.466 e. The van der Waals surface area contributed by atoms with Crippen molar-refractivity contribution < 1.29 is 17.9 Å². The zero-order chi connectivity index (χ0) is 9.35. The Morgan fingerprint density at radius 1 is 1.50 bits per heavy atom. The number of rotatable bonds is 1. The quantitative estimate of drug-likeness (QED) is 0.556. The number of carbonyl (C=O) groups is 1. The van der Waals surface area contributed by atoms with Crippen LogP contribution < -0.4 is 0 Å². The summed E-state index contributed by atoms with van der Waals surface area (Å²) in [4.78, 5) is 11.1. The molecule has 68 valence electrons. The molecule has 0 atom stereocenters. The molecule has 0 unspecified atom stereocenters. The highest BCUT2D eigenvalue weighted by Gasteiger charge is 2.30. The van der Waals surface area contributed by atoms with E-state index in [1.807, 2.05) is 0 Å². The molecule has 0 bridgehead atoms. The summed E-state index contributed by atoms with van der Waals surface area (Å²) in [5.41, 5.74) is 0.289. The average molecular weight is 190 g/mol. The summed E-state index contributed by atoms with van der Waals surface area (Å²) in [6.45, 7) is 1.44. The number of hydrogen-bond acceptors (Lipinski definition) is 4. The first kappa shape index (κ1) is 9.25. The number of methoxy groups -OCH3 is 1. The Hall–Kier alpha value is -0.840. The zero-order valence-electron chi connectivity index (χ0n) is 6.96. The lowest BCUT2D eigenvalue weighted by atomic mass is 10.2. The van der Waals surface area contributed by atoms with Crippen LogP contribution in [0.15, 0.2) is 10.5 Å². The first-order chi connectivity index (χ1) is 5.49. The zero-order valence-corrected chi connectivity index (χ0v) is 7.77. The molecular formula is C7H10O4S. The van der Waals surface area contributed by atoms with E-state index in [0.29, 0.717) is 0 Å². The van der Waals surface area contributed by atoms with E-state index in [2.05, 4.69) is 4.74 Å². The molecular weight excluding hydrogens is 180 g/mol. The van der Waals surface area contributed by atoms with Crippen molar-refractivity contribution in [1.82, 2.24) is 0 Å². The van der Waals surface area contributed by atoms with E-state index >= 15 is 0 Å². The van der Waals surface area contributed by atoms with Gasteiger partial charge in [0.15, 0.2) is 9.84 Å². The van der Waals surface area contributed by atoms with Crippen LogP contribution in [-0.2, 0) is 19.4 Å². The van der Waals surface area contributed by atoms with Gasteiger partial charge in [-0.2, -0.15) is 0 Å². The number of esters is 1. The molecule has 1 rings (SSSR count). The Labute approximate surface area is 71.1 Å². The monoisotopic (exact) mass is 190 g/mol. The Morgan fingerprint density at radius 2 is 2.08 bits per heavy atom. The number of ether oxygens (including phenoxy) is 1. The van der Waals surface area contributed by atoms with Gasteiger partial charge in [0.2, 0.25) is 0 Å². The number of hydrogen-bond donors (Lipinski definition) is 0. The lowest BCUT2D eigenvalue weighted by Crippen LogP contribution is -2.04. The summed E-state index contributed by atoms with van der Waals surface area (Å²) in [6.07, 6.45) is 0.279. The minimum atomic E-state index is -3.15. The summed E-state index contributed by atoms with van der Waals surface area (Å²) < 4.78 is 26.7. The maximum atomic E-state index is 11.1. The smallest absolute Gasteiger partial charge is 0.334 e. The standard InChI is InChI=1S/C7H10O4S/c1-5-6(7(8)11-2)3-4-12(5,9)10/h3-4H2,1-2H3. The summed E-state index contributed by atoms with van der Waals surface area (Å²) >= 11 is 0. The fourth-order valence-corrected chi connectivity index (χ4v) is 2.46. The van der Waals surface area contributed by atoms with Crippen LogP contribution in [0.5, 0.6) is 0 Å². The molecule has 0 amide bonds. The molecule has 1 aliphatic heterocycles. The molecule has 0 N–H and O–H groups in total. The Balaban J connectivity index is 3.10. The van der Waals surface area contributed by atoms with Gasteiger partial charge in [0, 0.05) is 0 Å². The summed E-state index contributed by atoms with van der Waals surface area (Å²) in [5.74, 6) is -0.503. The van der Waals surface area contributed by atoms with E-state index in [1.54, 1.807) is 0 Å². The Morgan fingerprint density at radius 3 is 2.42 bits per heavy atom. The van der Waals surface area contributed by atoms with Crippen LogP contribution in [0.4, 0.5) is 0 Å². The van der Waals surface area contributed by atoms with Crippen LogP contribution in [0.25, 0.3) is 0 Å². The van der Waals surface area contributed by atoms with Gasteiger partial charge in [-0.25, -0.2) is 13.2 Å². The van der Waals surface area contributed by atoms with Gasteiger partial charge in [0.25, 0.3) is 0 Å². The lowest BCUT2D eigenvalue weighted by Gasteiger charge is -1.98. The van der Waals surface area contributed by atoms with E-state index in [4.69, 9.17) is 0 Å². The third-order valence-electron chi connectivity index (χ3n) is 1.94. The van der Waals surface area contributed by atoms with Crippen molar-refractivity contribution in [2.75, 3.05) is 12.9 Å². The third kappa shape index (κ3) is 1.36. The van der Waals surface area contributed by atoms with Crippen LogP contribution in [-0.4, -0.2) is 27.2 Å². The fraction of sp³-hybridized carbons (Fsp3) is 0.571. The average Bonchev–Trinajstić information content (AvgIpc) is 2.27. The molecule has 4 nitrogen and oxygen atoms in total. The minimum absolute atomic E-state index is 0.0310. The lowest BCUT2D eigenvalue weighted by molar-refractivity contribution is -0.136. The first-order valence-electron chi connectivity index (χ1n) is 3.50. The molecule has 0 aromatic heterocycles. The van der Waals surface area contributed by atoms with Crippen LogP contribution in [0.2, 0.25) is 0 Å². The van der Waals surface area contributed by atoms with Crippen molar-refractivity contribution in [3.63, 3.8) is 0 Å². The van der Waals surface area contributed by atoms with E-state index < -0.39 is 15.8 Å². The molecule has 5 heteroatoms. The van der Waals surface area contributed by atoms with Crippen molar-refractivity contribution in [2.45, 2.75) is 13.3 Å². The van der Waals surface area contributed by atoms with Crippen molar-refractivity contribution in [2.24, 2.45) is 0 Å². The number of sulfone groups is 1. The Bertz CT molecular complexity index is 336. The first-order valence-corrected chi connectivity index (χ1v) is 5.15. The minimum Gasteiger partial charge on any atom is -0.466 e. The molecule has 0 aromatic rings. The summed E-state index contributed by atoms with van der Waals surface area (Å²) in [5, 5.41) is 0. The summed E-state index contributed by atoms with van der Waals surface area (Å²) in [6, 6.07) is 0. The molecule has 1 heterocycles. The SMILES string of the molecule is COC(=O)C1=C(C)S(=O)(=O)CC1. The molecule has 1 aliphatic rings. The van der Waals surface area contributed by atoms with Crippen LogP contribution in [0, 0.1) is 0 Å². The highest BCUT2D eigenvalue weighted by Crippen LogP contribution is 2.25. The second-order valence-corrected chi connectivity index (χ2v) is 4.85. The molecule has 0 saturated heterocycles. The van der Waals surface area contributed by atoms with Gasteiger partial charge in [-0.3, -0.25) is 0 Å². The molecule has 12 heavy (non-hydrogen) atoms. The normalized spacial score (nSPS) is 21.2. The summed E-state index contributed by atoms with van der Waals surface area (Å²) in [7, 11) is -1.91. The van der Waals surface area contributed by atoms with Gasteiger partial charge in [0.1, 0.15) is 0 Å². The predicted octanol–water partition coefficient (Wildman–Crippen LogP) is 0.252. The molecule has 0 aromatic carbocycles. The van der Waals surface area contributed by atoms with Gasteiger partial charge in [-0.05, 0) is 13.3 Å². The molecule has 0 fully saturated rings. The molecule has 0 saturated carbocycles. The second-order valence-electron chi connectivity index (χ2n) is 2.60.